The molecule has 1 aromatic heterocycles. The summed E-state index contributed by atoms with van der Waals surface area (Å²) in [7, 11) is 0. The summed E-state index contributed by atoms with van der Waals surface area (Å²) in [5, 5.41) is 2.55. The molecular formula is C14H12F3N3O2. The Morgan fingerprint density at radius 3 is 2.68 bits per heavy atom. The lowest BCUT2D eigenvalue weighted by molar-refractivity contribution is -0.274. The number of hydrogen-bond acceptors (Lipinski definition) is 4. The van der Waals surface area contributed by atoms with Crippen molar-refractivity contribution >= 4 is 5.91 Å². The van der Waals surface area contributed by atoms with Crippen LogP contribution in [0.15, 0.2) is 36.8 Å². The van der Waals surface area contributed by atoms with Gasteiger partial charge in [0.1, 0.15) is 11.4 Å². The third kappa shape index (κ3) is 4.72. The number of carbonyl (C=O) groups is 1. The predicted octanol–water partition coefficient (Wildman–Crippen LogP) is 2.61. The van der Waals surface area contributed by atoms with Gasteiger partial charge >= 0.3 is 6.36 Å². The second kappa shape index (κ2) is 6.42. The zero-order chi connectivity index (χ0) is 16.2. The number of aryl methyl sites for hydroxylation is 1. The Labute approximate surface area is 124 Å². The highest BCUT2D eigenvalue weighted by atomic mass is 19.4. The molecule has 0 aliphatic rings. The number of ether oxygens (including phenoxy) is 1. The van der Waals surface area contributed by atoms with E-state index in [0.29, 0.717) is 11.1 Å². The van der Waals surface area contributed by atoms with Crippen molar-refractivity contribution in [3.8, 4) is 5.75 Å². The quantitative estimate of drug-likeness (QED) is 0.942. The maximum absolute atomic E-state index is 12.2. The van der Waals surface area contributed by atoms with Crippen LogP contribution in [0.2, 0.25) is 0 Å². The molecule has 0 aliphatic carbocycles. The van der Waals surface area contributed by atoms with E-state index in [0.717, 1.165) is 0 Å². The zero-order valence-electron chi connectivity index (χ0n) is 11.5. The molecule has 116 valence electrons. The lowest BCUT2D eigenvalue weighted by Crippen LogP contribution is -2.24. The van der Waals surface area contributed by atoms with Gasteiger partial charge in [0.25, 0.3) is 5.91 Å². The molecule has 1 amide bonds. The van der Waals surface area contributed by atoms with E-state index in [-0.39, 0.29) is 18.0 Å². The fraction of sp³-hybridized carbons (Fsp3) is 0.214. The number of benzene rings is 1. The molecule has 0 fully saturated rings. The van der Waals surface area contributed by atoms with Crippen molar-refractivity contribution in [3.05, 3.63) is 53.6 Å². The van der Waals surface area contributed by atoms with Crippen molar-refractivity contribution in [3.63, 3.8) is 0 Å². The SMILES string of the molecule is Cc1cc(CNC(=O)c2cnccn2)cc(OC(F)(F)F)c1. The van der Waals surface area contributed by atoms with E-state index >= 15 is 0 Å². The molecule has 0 saturated heterocycles. The molecule has 1 heterocycles. The van der Waals surface area contributed by atoms with Gasteiger partial charge in [0.2, 0.25) is 0 Å². The summed E-state index contributed by atoms with van der Waals surface area (Å²) in [6.07, 6.45) is -0.660. The van der Waals surface area contributed by atoms with Crippen LogP contribution in [-0.4, -0.2) is 22.2 Å². The highest BCUT2D eigenvalue weighted by Crippen LogP contribution is 2.24. The number of amides is 1. The van der Waals surface area contributed by atoms with Crippen LogP contribution >= 0.6 is 0 Å². The standard InChI is InChI=1S/C14H12F3N3O2/c1-9-4-10(6-11(5-9)22-14(15,16)17)7-20-13(21)12-8-18-2-3-19-12/h2-6,8H,7H2,1H3,(H,20,21). The van der Waals surface area contributed by atoms with Gasteiger partial charge in [0, 0.05) is 18.9 Å². The highest BCUT2D eigenvalue weighted by Gasteiger charge is 2.31. The minimum atomic E-state index is -4.76. The Morgan fingerprint density at radius 1 is 1.27 bits per heavy atom. The first-order valence-corrected chi connectivity index (χ1v) is 6.24. The average Bonchev–Trinajstić information content (AvgIpc) is 2.43. The van der Waals surface area contributed by atoms with Gasteiger partial charge in [0.15, 0.2) is 0 Å². The van der Waals surface area contributed by atoms with Gasteiger partial charge in [-0.3, -0.25) is 9.78 Å². The van der Waals surface area contributed by atoms with E-state index in [2.05, 4.69) is 20.0 Å². The van der Waals surface area contributed by atoms with Crippen molar-refractivity contribution in [1.29, 1.82) is 0 Å². The van der Waals surface area contributed by atoms with E-state index in [4.69, 9.17) is 0 Å². The minimum Gasteiger partial charge on any atom is -0.406 e. The van der Waals surface area contributed by atoms with Crippen molar-refractivity contribution < 1.29 is 22.7 Å². The molecule has 22 heavy (non-hydrogen) atoms. The van der Waals surface area contributed by atoms with Crippen LogP contribution in [0.3, 0.4) is 0 Å². The first kappa shape index (κ1) is 15.7. The number of nitrogens with one attached hydrogen (secondary N) is 1. The van der Waals surface area contributed by atoms with Crippen molar-refractivity contribution in [1.82, 2.24) is 15.3 Å². The predicted molar refractivity (Wildman–Crippen MR) is 71.1 cm³/mol. The molecule has 0 bridgehead atoms. The Morgan fingerprint density at radius 2 is 2.05 bits per heavy atom. The monoisotopic (exact) mass is 311 g/mol. The maximum atomic E-state index is 12.2. The van der Waals surface area contributed by atoms with Gasteiger partial charge in [-0.1, -0.05) is 6.07 Å². The van der Waals surface area contributed by atoms with Crippen LogP contribution in [0.25, 0.3) is 0 Å². The average molecular weight is 311 g/mol. The minimum absolute atomic E-state index is 0.0469. The largest absolute Gasteiger partial charge is 0.573 e. The van der Waals surface area contributed by atoms with Crippen LogP contribution in [0.4, 0.5) is 13.2 Å². The molecule has 0 spiro atoms. The number of hydrogen-bond donors (Lipinski definition) is 1. The van der Waals surface area contributed by atoms with Crippen molar-refractivity contribution in [2.45, 2.75) is 19.8 Å². The van der Waals surface area contributed by atoms with Gasteiger partial charge in [-0.05, 0) is 30.2 Å². The van der Waals surface area contributed by atoms with Gasteiger partial charge in [-0.2, -0.15) is 0 Å². The Balaban J connectivity index is 2.05. The molecule has 1 N–H and O–H groups in total. The number of aromatic nitrogens is 2. The Hall–Kier alpha value is -2.64. The molecule has 0 atom stereocenters. The maximum Gasteiger partial charge on any atom is 0.573 e. The second-order valence-electron chi connectivity index (χ2n) is 4.48. The van der Waals surface area contributed by atoms with Gasteiger partial charge in [0.05, 0.1) is 6.20 Å². The summed E-state index contributed by atoms with van der Waals surface area (Å²) in [5.41, 5.74) is 1.20. The summed E-state index contributed by atoms with van der Waals surface area (Å²) in [5.74, 6) is -0.788. The van der Waals surface area contributed by atoms with Crippen LogP contribution in [0.1, 0.15) is 21.6 Å². The number of rotatable bonds is 4. The van der Waals surface area contributed by atoms with E-state index < -0.39 is 12.3 Å². The fourth-order valence-corrected chi connectivity index (χ4v) is 1.81. The third-order valence-corrected chi connectivity index (χ3v) is 2.59. The van der Waals surface area contributed by atoms with E-state index in [9.17, 15) is 18.0 Å². The topological polar surface area (TPSA) is 64.1 Å². The van der Waals surface area contributed by atoms with Crippen LogP contribution < -0.4 is 10.1 Å². The normalized spacial score (nSPS) is 11.1. The molecule has 0 unspecified atom stereocenters. The zero-order valence-corrected chi connectivity index (χ0v) is 11.5. The molecule has 2 aromatic rings. The number of halogens is 3. The van der Waals surface area contributed by atoms with Crippen LogP contribution in [0, 0.1) is 6.92 Å². The molecule has 8 heteroatoms. The molecule has 0 radical (unpaired) electrons. The summed E-state index contributed by atoms with van der Waals surface area (Å²) < 4.78 is 40.6. The number of nitrogens with zero attached hydrogens (tertiary/aromatic N) is 2. The Bertz CT molecular complexity index is 660. The van der Waals surface area contributed by atoms with Crippen LogP contribution in [0.5, 0.6) is 5.75 Å². The number of alkyl halides is 3. The van der Waals surface area contributed by atoms with E-state index in [1.54, 1.807) is 13.0 Å². The van der Waals surface area contributed by atoms with Crippen LogP contribution in [-0.2, 0) is 6.54 Å². The molecule has 0 saturated carbocycles. The summed E-state index contributed by atoms with van der Waals surface area (Å²) in [6.45, 7) is 1.68. The van der Waals surface area contributed by atoms with Gasteiger partial charge < -0.3 is 10.1 Å². The first-order valence-electron chi connectivity index (χ1n) is 6.24. The molecular weight excluding hydrogens is 299 g/mol. The first-order chi connectivity index (χ1) is 10.3. The van der Waals surface area contributed by atoms with Crippen molar-refractivity contribution in [2.24, 2.45) is 0 Å². The lowest BCUT2D eigenvalue weighted by atomic mass is 10.1. The van der Waals surface area contributed by atoms with E-state index in [1.165, 1.54) is 30.7 Å². The summed E-state index contributed by atoms with van der Waals surface area (Å²) in [4.78, 5) is 19.4. The van der Waals surface area contributed by atoms with Crippen molar-refractivity contribution in [2.75, 3.05) is 0 Å². The molecule has 5 nitrogen and oxygen atoms in total. The molecule has 1 aromatic carbocycles. The smallest absolute Gasteiger partial charge is 0.406 e. The summed E-state index contributed by atoms with van der Waals surface area (Å²) in [6, 6.07) is 4.14. The van der Waals surface area contributed by atoms with Gasteiger partial charge in [-0.25, -0.2) is 4.98 Å². The third-order valence-electron chi connectivity index (χ3n) is 2.59. The molecule has 0 aliphatic heterocycles. The highest BCUT2D eigenvalue weighted by molar-refractivity contribution is 5.91. The molecule has 2 rings (SSSR count). The van der Waals surface area contributed by atoms with E-state index in [1.807, 2.05) is 0 Å². The summed E-state index contributed by atoms with van der Waals surface area (Å²) >= 11 is 0. The number of carbonyl (C=O) groups excluding carboxylic acids is 1. The Kier molecular flexibility index (Phi) is 4.59. The lowest BCUT2D eigenvalue weighted by Gasteiger charge is -2.12. The fourth-order valence-electron chi connectivity index (χ4n) is 1.81. The second-order valence-corrected chi connectivity index (χ2v) is 4.48. The van der Waals surface area contributed by atoms with Gasteiger partial charge in [-0.15, -0.1) is 13.2 Å².